The van der Waals surface area contributed by atoms with Crippen LogP contribution in [-0.2, 0) is 6.54 Å². The van der Waals surface area contributed by atoms with Crippen LogP contribution in [0.1, 0.15) is 31.0 Å². The standard InChI is InChI=1S/C15H18BN5/c1-10(2)13-7-14(18-8-11-3-5-17-6-4-11)21-15(20-13)12(16)9-19-21/h3-7,9-10,18H,8,16H2,1-2H3. The number of hydrogen-bond donors (Lipinski definition) is 1. The van der Waals surface area contributed by atoms with Crippen LogP contribution in [-0.4, -0.2) is 27.4 Å². The van der Waals surface area contributed by atoms with E-state index in [0.29, 0.717) is 5.92 Å². The van der Waals surface area contributed by atoms with Gasteiger partial charge < -0.3 is 5.32 Å². The lowest BCUT2D eigenvalue weighted by Gasteiger charge is -2.12. The Kier molecular flexibility index (Phi) is 3.60. The highest BCUT2D eigenvalue weighted by Crippen LogP contribution is 2.18. The molecular weight excluding hydrogens is 261 g/mol. The highest BCUT2D eigenvalue weighted by molar-refractivity contribution is 6.36. The molecule has 0 saturated heterocycles. The molecule has 0 aliphatic rings. The van der Waals surface area contributed by atoms with Crippen molar-refractivity contribution in [1.82, 2.24) is 19.6 Å². The van der Waals surface area contributed by atoms with Crippen LogP contribution in [0.5, 0.6) is 0 Å². The lowest BCUT2D eigenvalue weighted by atomic mass is 10.0. The molecule has 3 aromatic rings. The summed E-state index contributed by atoms with van der Waals surface area (Å²) in [5, 5.41) is 7.86. The van der Waals surface area contributed by atoms with Gasteiger partial charge in [0.2, 0.25) is 0 Å². The second kappa shape index (κ2) is 5.56. The van der Waals surface area contributed by atoms with Crippen LogP contribution < -0.4 is 10.8 Å². The molecule has 3 aromatic heterocycles. The Morgan fingerprint density at radius 1 is 1.29 bits per heavy atom. The summed E-state index contributed by atoms with van der Waals surface area (Å²) >= 11 is 0. The number of nitrogens with one attached hydrogen (secondary N) is 1. The number of nitrogens with zero attached hydrogens (tertiary/aromatic N) is 4. The van der Waals surface area contributed by atoms with Crippen molar-refractivity contribution in [3.05, 3.63) is 48.0 Å². The molecule has 0 atom stereocenters. The molecule has 0 aliphatic heterocycles. The van der Waals surface area contributed by atoms with Crippen LogP contribution in [0.15, 0.2) is 36.8 Å². The molecule has 0 aliphatic carbocycles. The van der Waals surface area contributed by atoms with Crippen molar-refractivity contribution in [3.8, 4) is 0 Å². The number of anilines is 1. The van der Waals surface area contributed by atoms with Gasteiger partial charge in [0, 0.05) is 36.9 Å². The van der Waals surface area contributed by atoms with E-state index in [4.69, 9.17) is 4.98 Å². The fourth-order valence-corrected chi connectivity index (χ4v) is 2.21. The Labute approximate surface area is 124 Å². The third-order valence-electron chi connectivity index (χ3n) is 3.48. The van der Waals surface area contributed by atoms with Gasteiger partial charge in [-0.1, -0.05) is 13.8 Å². The number of pyridine rings is 1. The average Bonchev–Trinajstić information content (AvgIpc) is 2.87. The Morgan fingerprint density at radius 2 is 2.05 bits per heavy atom. The molecule has 0 radical (unpaired) electrons. The fourth-order valence-electron chi connectivity index (χ4n) is 2.21. The molecule has 1 N–H and O–H groups in total. The molecular formula is C15H18BN5. The predicted octanol–water partition coefficient (Wildman–Crippen LogP) is 1.12. The molecule has 3 heterocycles. The summed E-state index contributed by atoms with van der Waals surface area (Å²) in [6.45, 7) is 5.03. The SMILES string of the molecule is Bc1cnn2c(NCc3ccncc3)cc(C(C)C)nc12. The quantitative estimate of drug-likeness (QED) is 0.727. The van der Waals surface area contributed by atoms with Gasteiger partial charge >= 0.3 is 0 Å². The van der Waals surface area contributed by atoms with Crippen molar-refractivity contribution in [3.63, 3.8) is 0 Å². The van der Waals surface area contributed by atoms with Crippen LogP contribution in [0.3, 0.4) is 0 Å². The van der Waals surface area contributed by atoms with Crippen molar-refractivity contribution >= 4 is 24.8 Å². The minimum Gasteiger partial charge on any atom is -0.366 e. The zero-order valence-electron chi connectivity index (χ0n) is 12.5. The van der Waals surface area contributed by atoms with E-state index in [9.17, 15) is 0 Å². The van der Waals surface area contributed by atoms with Crippen LogP contribution >= 0.6 is 0 Å². The maximum absolute atomic E-state index is 4.70. The van der Waals surface area contributed by atoms with Gasteiger partial charge in [-0.15, -0.1) is 0 Å². The van der Waals surface area contributed by atoms with Crippen molar-refractivity contribution < 1.29 is 0 Å². The molecule has 21 heavy (non-hydrogen) atoms. The molecule has 0 spiro atoms. The van der Waals surface area contributed by atoms with Gasteiger partial charge in [0.05, 0.1) is 0 Å². The van der Waals surface area contributed by atoms with Crippen molar-refractivity contribution in [2.24, 2.45) is 0 Å². The van der Waals surface area contributed by atoms with Crippen LogP contribution in [0.2, 0.25) is 0 Å². The lowest BCUT2D eigenvalue weighted by Crippen LogP contribution is -2.11. The fraction of sp³-hybridized carbons (Fsp3) is 0.267. The number of hydrogen-bond acceptors (Lipinski definition) is 4. The van der Waals surface area contributed by atoms with E-state index < -0.39 is 0 Å². The van der Waals surface area contributed by atoms with E-state index in [1.54, 1.807) is 12.4 Å². The average molecular weight is 279 g/mol. The second-order valence-corrected chi connectivity index (χ2v) is 5.49. The van der Waals surface area contributed by atoms with Gasteiger partial charge in [0.15, 0.2) is 5.65 Å². The topological polar surface area (TPSA) is 55.1 Å². The Hall–Kier alpha value is -2.37. The monoisotopic (exact) mass is 279 g/mol. The molecule has 0 bridgehead atoms. The first-order chi connectivity index (χ1) is 10.1. The van der Waals surface area contributed by atoms with Gasteiger partial charge in [-0.05, 0) is 29.1 Å². The van der Waals surface area contributed by atoms with Crippen LogP contribution in [0.25, 0.3) is 5.65 Å². The lowest BCUT2D eigenvalue weighted by molar-refractivity contribution is 0.808. The van der Waals surface area contributed by atoms with E-state index in [0.717, 1.165) is 29.2 Å². The number of aromatic nitrogens is 4. The summed E-state index contributed by atoms with van der Waals surface area (Å²) in [4.78, 5) is 8.74. The third-order valence-corrected chi connectivity index (χ3v) is 3.48. The van der Waals surface area contributed by atoms with Gasteiger partial charge in [0.1, 0.15) is 13.7 Å². The third kappa shape index (κ3) is 2.74. The first-order valence-corrected chi connectivity index (χ1v) is 7.13. The minimum atomic E-state index is 0.380. The van der Waals surface area contributed by atoms with Crippen LogP contribution in [0.4, 0.5) is 5.82 Å². The van der Waals surface area contributed by atoms with Gasteiger partial charge in [0.25, 0.3) is 0 Å². The molecule has 5 nitrogen and oxygen atoms in total. The summed E-state index contributed by atoms with van der Waals surface area (Å²) in [5.74, 6) is 1.35. The molecule has 0 saturated carbocycles. The van der Waals surface area contributed by atoms with Gasteiger partial charge in [-0.2, -0.15) is 9.61 Å². The predicted molar refractivity (Wildman–Crippen MR) is 86.8 cm³/mol. The smallest absolute Gasteiger partial charge is 0.151 e. The molecule has 0 amide bonds. The zero-order valence-corrected chi connectivity index (χ0v) is 12.5. The molecule has 0 unspecified atom stereocenters. The zero-order chi connectivity index (χ0) is 14.8. The molecule has 6 heteroatoms. The molecule has 0 fully saturated rings. The largest absolute Gasteiger partial charge is 0.366 e. The highest BCUT2D eigenvalue weighted by atomic mass is 15.3. The maximum atomic E-state index is 4.70. The number of fused-ring (bicyclic) bond motifs is 1. The van der Waals surface area contributed by atoms with Crippen molar-refractivity contribution in [2.45, 2.75) is 26.3 Å². The highest BCUT2D eigenvalue weighted by Gasteiger charge is 2.11. The molecule has 106 valence electrons. The van der Waals surface area contributed by atoms with Crippen LogP contribution in [0, 0.1) is 0 Å². The van der Waals surface area contributed by atoms with Gasteiger partial charge in [-0.25, -0.2) is 4.98 Å². The van der Waals surface area contributed by atoms with E-state index in [1.165, 1.54) is 5.56 Å². The second-order valence-electron chi connectivity index (χ2n) is 5.49. The Bertz CT molecular complexity index is 751. The summed E-state index contributed by atoms with van der Waals surface area (Å²) in [5.41, 5.74) is 4.26. The summed E-state index contributed by atoms with van der Waals surface area (Å²) in [6, 6.07) is 6.08. The molecule has 3 rings (SSSR count). The van der Waals surface area contributed by atoms with Crippen molar-refractivity contribution in [1.29, 1.82) is 0 Å². The Morgan fingerprint density at radius 3 is 2.76 bits per heavy atom. The summed E-state index contributed by atoms with van der Waals surface area (Å²) < 4.78 is 1.86. The Balaban J connectivity index is 1.96. The van der Waals surface area contributed by atoms with E-state index in [2.05, 4.69) is 35.3 Å². The minimum absolute atomic E-state index is 0.380. The summed E-state index contributed by atoms with van der Waals surface area (Å²) in [6.07, 6.45) is 5.46. The van der Waals surface area contributed by atoms with E-state index in [1.807, 2.05) is 30.7 Å². The maximum Gasteiger partial charge on any atom is 0.151 e. The first kappa shape index (κ1) is 13.6. The van der Waals surface area contributed by atoms with E-state index >= 15 is 0 Å². The van der Waals surface area contributed by atoms with Gasteiger partial charge in [-0.3, -0.25) is 4.98 Å². The molecule has 0 aromatic carbocycles. The first-order valence-electron chi connectivity index (χ1n) is 7.13. The summed E-state index contributed by atoms with van der Waals surface area (Å²) in [7, 11) is 2.03. The normalized spacial score (nSPS) is 11.2. The van der Waals surface area contributed by atoms with E-state index in [-0.39, 0.29) is 0 Å². The van der Waals surface area contributed by atoms with Crippen molar-refractivity contribution in [2.75, 3.05) is 5.32 Å². The number of rotatable bonds is 4.